The summed E-state index contributed by atoms with van der Waals surface area (Å²) in [6.07, 6.45) is 7.13. The largest absolute Gasteiger partial charge is 0.350 e. The topological polar surface area (TPSA) is 42.2 Å². The van der Waals surface area contributed by atoms with Gasteiger partial charge < -0.3 is 5.32 Å². The zero-order chi connectivity index (χ0) is 12.5. The maximum atomic E-state index is 4.57. The van der Waals surface area contributed by atoms with E-state index in [-0.39, 0.29) is 0 Å². The van der Waals surface area contributed by atoms with Gasteiger partial charge in [0.15, 0.2) is 5.65 Å². The van der Waals surface area contributed by atoms with Gasteiger partial charge in [-0.1, -0.05) is 25.8 Å². The van der Waals surface area contributed by atoms with Crippen LogP contribution in [0.1, 0.15) is 38.2 Å². The second-order valence-electron chi connectivity index (χ2n) is 5.32. The fraction of sp³-hybridized carbons (Fsp3) is 0.571. The molecule has 4 heteroatoms. The second-order valence-corrected chi connectivity index (χ2v) is 5.32. The summed E-state index contributed by atoms with van der Waals surface area (Å²) in [5.41, 5.74) is 2.11. The lowest BCUT2D eigenvalue weighted by atomic mass is 10.1. The Bertz CT molecular complexity index is 542. The molecule has 1 unspecified atom stereocenters. The number of aromatic nitrogens is 3. The fourth-order valence-corrected chi connectivity index (χ4v) is 2.37. The zero-order valence-electron chi connectivity index (χ0n) is 11.1. The molecule has 0 saturated heterocycles. The molecule has 1 aliphatic carbocycles. The molecule has 1 N–H and O–H groups in total. The quantitative estimate of drug-likeness (QED) is 0.879. The van der Waals surface area contributed by atoms with E-state index in [1.165, 1.54) is 19.3 Å². The van der Waals surface area contributed by atoms with Gasteiger partial charge in [-0.3, -0.25) is 0 Å². The van der Waals surface area contributed by atoms with Crippen molar-refractivity contribution >= 4 is 11.6 Å². The number of anilines is 1. The third-order valence-corrected chi connectivity index (χ3v) is 3.70. The predicted molar refractivity (Wildman–Crippen MR) is 72.8 cm³/mol. The van der Waals surface area contributed by atoms with Crippen LogP contribution in [-0.4, -0.2) is 20.6 Å². The molecule has 0 bridgehead atoms. The summed E-state index contributed by atoms with van der Waals surface area (Å²) in [4.78, 5) is 4.57. The van der Waals surface area contributed by atoms with Crippen LogP contribution in [-0.2, 0) is 0 Å². The normalized spacial score (nSPS) is 17.0. The van der Waals surface area contributed by atoms with Crippen LogP contribution in [0.3, 0.4) is 0 Å². The van der Waals surface area contributed by atoms with Crippen molar-refractivity contribution in [1.29, 1.82) is 0 Å². The van der Waals surface area contributed by atoms with Crippen LogP contribution in [0.15, 0.2) is 18.3 Å². The van der Waals surface area contributed by atoms with Crippen molar-refractivity contribution in [3.05, 3.63) is 23.9 Å². The Hall–Kier alpha value is -1.58. The number of rotatable bonds is 5. The van der Waals surface area contributed by atoms with Gasteiger partial charge in [0, 0.05) is 12.2 Å². The van der Waals surface area contributed by atoms with E-state index < -0.39 is 0 Å². The summed E-state index contributed by atoms with van der Waals surface area (Å²) in [6.45, 7) is 4.29. The van der Waals surface area contributed by atoms with Gasteiger partial charge in [-0.25, -0.2) is 4.52 Å². The minimum absolute atomic E-state index is 0.509. The van der Waals surface area contributed by atoms with E-state index in [1.807, 2.05) is 16.8 Å². The molecule has 1 saturated carbocycles. The molecule has 3 rings (SSSR count). The number of nitrogens with zero attached hydrogens (tertiary/aromatic N) is 3. The maximum Gasteiger partial charge on any atom is 0.243 e. The third-order valence-electron chi connectivity index (χ3n) is 3.70. The van der Waals surface area contributed by atoms with Gasteiger partial charge in [0.1, 0.15) is 0 Å². The number of hydrogen-bond donors (Lipinski definition) is 1. The average molecular weight is 244 g/mol. The molecule has 2 aromatic heterocycles. The van der Waals surface area contributed by atoms with E-state index in [9.17, 15) is 0 Å². The molecule has 18 heavy (non-hydrogen) atoms. The number of hydrogen-bond acceptors (Lipinski definition) is 3. The fourth-order valence-electron chi connectivity index (χ4n) is 2.37. The summed E-state index contributed by atoms with van der Waals surface area (Å²) in [6, 6.07) is 4.58. The second kappa shape index (κ2) is 4.59. The molecule has 0 radical (unpaired) electrons. The van der Waals surface area contributed by atoms with Gasteiger partial charge in [0.2, 0.25) is 5.95 Å². The molecular weight excluding hydrogens is 224 g/mol. The molecule has 4 nitrogen and oxygen atoms in total. The van der Waals surface area contributed by atoms with Gasteiger partial charge in [-0.15, -0.1) is 5.10 Å². The van der Waals surface area contributed by atoms with Crippen molar-refractivity contribution in [2.45, 2.75) is 45.6 Å². The number of aryl methyl sites for hydroxylation is 1. The minimum atomic E-state index is 0.509. The van der Waals surface area contributed by atoms with Crippen molar-refractivity contribution in [3.8, 4) is 0 Å². The van der Waals surface area contributed by atoms with E-state index in [1.54, 1.807) is 0 Å². The van der Waals surface area contributed by atoms with Crippen LogP contribution in [0.2, 0.25) is 0 Å². The first-order chi connectivity index (χ1) is 8.76. The van der Waals surface area contributed by atoms with Crippen LogP contribution < -0.4 is 5.32 Å². The third kappa shape index (κ3) is 2.33. The Kier molecular flexibility index (Phi) is 2.94. The monoisotopic (exact) mass is 244 g/mol. The van der Waals surface area contributed by atoms with Gasteiger partial charge in [0.05, 0.1) is 0 Å². The van der Waals surface area contributed by atoms with Crippen molar-refractivity contribution in [3.63, 3.8) is 0 Å². The van der Waals surface area contributed by atoms with E-state index in [0.717, 1.165) is 29.5 Å². The molecule has 1 fully saturated rings. The summed E-state index contributed by atoms with van der Waals surface area (Å²) in [5, 5.41) is 7.96. The van der Waals surface area contributed by atoms with Crippen LogP contribution in [0.5, 0.6) is 0 Å². The molecule has 0 spiro atoms. The van der Waals surface area contributed by atoms with Crippen LogP contribution in [0.4, 0.5) is 5.95 Å². The molecular formula is C14H20N4. The Morgan fingerprint density at radius 3 is 3.00 bits per heavy atom. The predicted octanol–water partition coefficient (Wildman–Crippen LogP) is 3.03. The summed E-state index contributed by atoms with van der Waals surface area (Å²) in [5.74, 6) is 1.69. The molecule has 0 aliphatic heterocycles. The van der Waals surface area contributed by atoms with E-state index >= 15 is 0 Å². The highest BCUT2D eigenvalue weighted by atomic mass is 15.3. The number of nitrogens with one attached hydrogen (secondary N) is 1. The highest BCUT2D eigenvalue weighted by Crippen LogP contribution is 2.34. The summed E-state index contributed by atoms with van der Waals surface area (Å²) >= 11 is 0. The first-order valence-electron chi connectivity index (χ1n) is 6.84. The van der Waals surface area contributed by atoms with Crippen LogP contribution >= 0.6 is 0 Å². The average Bonchev–Trinajstić information content (AvgIpc) is 3.07. The van der Waals surface area contributed by atoms with Gasteiger partial charge >= 0.3 is 0 Å². The zero-order valence-corrected chi connectivity index (χ0v) is 11.1. The molecule has 0 aromatic carbocycles. The van der Waals surface area contributed by atoms with Gasteiger partial charge in [0.25, 0.3) is 0 Å². The standard InChI is InChI=1S/C14H20N4/c1-3-12(9-11-6-7-11)15-14-16-13-10(2)5-4-8-18(13)17-14/h4-5,8,11-12H,3,6-7,9H2,1-2H3,(H,15,17). The lowest BCUT2D eigenvalue weighted by Gasteiger charge is -2.14. The van der Waals surface area contributed by atoms with E-state index in [2.05, 4.69) is 35.3 Å². The smallest absolute Gasteiger partial charge is 0.243 e. The van der Waals surface area contributed by atoms with Crippen LogP contribution in [0.25, 0.3) is 5.65 Å². The van der Waals surface area contributed by atoms with Crippen LogP contribution in [0, 0.1) is 12.8 Å². The summed E-state index contributed by atoms with van der Waals surface area (Å²) < 4.78 is 1.85. The maximum absolute atomic E-state index is 4.57. The lowest BCUT2D eigenvalue weighted by Crippen LogP contribution is -2.19. The van der Waals surface area contributed by atoms with Crippen molar-refractivity contribution < 1.29 is 0 Å². The van der Waals surface area contributed by atoms with Gasteiger partial charge in [-0.2, -0.15) is 4.98 Å². The molecule has 0 amide bonds. The number of pyridine rings is 1. The Labute approximate surface area is 107 Å². The Morgan fingerprint density at radius 1 is 1.50 bits per heavy atom. The molecule has 1 atom stereocenters. The molecule has 2 heterocycles. The molecule has 1 aliphatic rings. The highest BCUT2D eigenvalue weighted by molar-refractivity contribution is 5.49. The number of fused-ring (bicyclic) bond motifs is 1. The lowest BCUT2D eigenvalue weighted by molar-refractivity contribution is 0.583. The summed E-state index contributed by atoms with van der Waals surface area (Å²) in [7, 11) is 0. The highest BCUT2D eigenvalue weighted by Gasteiger charge is 2.25. The minimum Gasteiger partial charge on any atom is -0.350 e. The molecule has 2 aromatic rings. The van der Waals surface area contributed by atoms with Crippen molar-refractivity contribution in [2.24, 2.45) is 5.92 Å². The van der Waals surface area contributed by atoms with Crippen molar-refractivity contribution in [1.82, 2.24) is 14.6 Å². The Balaban J connectivity index is 1.78. The first-order valence-corrected chi connectivity index (χ1v) is 6.84. The first kappa shape index (κ1) is 11.5. The van der Waals surface area contributed by atoms with Crippen molar-refractivity contribution in [2.75, 3.05) is 5.32 Å². The van der Waals surface area contributed by atoms with Gasteiger partial charge in [-0.05, 0) is 37.3 Å². The Morgan fingerprint density at radius 2 is 2.33 bits per heavy atom. The van der Waals surface area contributed by atoms with E-state index in [4.69, 9.17) is 0 Å². The SMILES string of the molecule is CCC(CC1CC1)Nc1nc2c(C)cccn2n1. The van der Waals surface area contributed by atoms with E-state index in [0.29, 0.717) is 6.04 Å². The molecule has 96 valence electrons.